The first-order valence-corrected chi connectivity index (χ1v) is 10.7. The molecule has 0 amide bonds. The summed E-state index contributed by atoms with van der Waals surface area (Å²) in [5.41, 5.74) is 2.65. The number of likely N-dealkylation sites (tertiary alicyclic amines) is 1. The van der Waals surface area contributed by atoms with Gasteiger partial charge in [-0.15, -0.1) is 0 Å². The van der Waals surface area contributed by atoms with E-state index in [2.05, 4.69) is 58.7 Å². The highest BCUT2D eigenvalue weighted by atomic mass is 16.5. The van der Waals surface area contributed by atoms with E-state index in [0.29, 0.717) is 6.54 Å². The third kappa shape index (κ3) is 9.04. The highest BCUT2D eigenvalue weighted by molar-refractivity contribution is 5.79. The van der Waals surface area contributed by atoms with Gasteiger partial charge in [0.05, 0.1) is 13.2 Å². The molecule has 6 heteroatoms. The first kappa shape index (κ1) is 22.7. The largest absolute Gasteiger partial charge is 0.383 e. The zero-order chi connectivity index (χ0) is 20.0. The summed E-state index contributed by atoms with van der Waals surface area (Å²) in [6, 6.07) is 8.92. The van der Waals surface area contributed by atoms with Crippen LogP contribution in [0.1, 0.15) is 37.3 Å². The summed E-state index contributed by atoms with van der Waals surface area (Å²) in [6.07, 6.45) is 3.77. The fraction of sp³-hybridized carbons (Fsp3) is 0.682. The molecule has 2 N–H and O–H groups in total. The highest BCUT2D eigenvalue weighted by Gasteiger charge is 2.11. The van der Waals surface area contributed by atoms with Gasteiger partial charge in [-0.2, -0.15) is 0 Å². The number of guanidine groups is 1. The summed E-state index contributed by atoms with van der Waals surface area (Å²) >= 11 is 0. The molecule has 0 bridgehead atoms. The van der Waals surface area contributed by atoms with Crippen molar-refractivity contribution in [3.63, 3.8) is 0 Å². The number of nitrogens with zero attached hydrogens (tertiary/aromatic N) is 3. The Kier molecular flexibility index (Phi) is 10.9. The van der Waals surface area contributed by atoms with Crippen LogP contribution in [0.5, 0.6) is 0 Å². The third-order valence-corrected chi connectivity index (χ3v) is 5.08. The Morgan fingerprint density at radius 2 is 1.82 bits per heavy atom. The number of ether oxygens (including phenoxy) is 1. The van der Waals surface area contributed by atoms with Crippen LogP contribution in [0, 0.1) is 0 Å². The second-order valence-electron chi connectivity index (χ2n) is 7.57. The Bertz CT molecular complexity index is 555. The van der Waals surface area contributed by atoms with Gasteiger partial charge >= 0.3 is 0 Å². The van der Waals surface area contributed by atoms with Gasteiger partial charge in [0.2, 0.25) is 0 Å². The van der Waals surface area contributed by atoms with E-state index < -0.39 is 0 Å². The van der Waals surface area contributed by atoms with Gasteiger partial charge in [0.15, 0.2) is 5.96 Å². The van der Waals surface area contributed by atoms with Crippen molar-refractivity contribution in [2.24, 2.45) is 4.99 Å². The molecule has 158 valence electrons. The quantitative estimate of drug-likeness (QED) is 0.326. The van der Waals surface area contributed by atoms with Crippen LogP contribution in [0.4, 0.5) is 0 Å². The van der Waals surface area contributed by atoms with E-state index in [0.717, 1.165) is 51.7 Å². The van der Waals surface area contributed by atoms with E-state index in [9.17, 15) is 0 Å². The predicted molar refractivity (Wildman–Crippen MR) is 118 cm³/mol. The van der Waals surface area contributed by atoms with Crippen LogP contribution in [0.2, 0.25) is 0 Å². The van der Waals surface area contributed by atoms with Gasteiger partial charge in [-0.05, 0) is 64.0 Å². The molecular formula is C22H39N5O. The summed E-state index contributed by atoms with van der Waals surface area (Å²) in [7, 11) is 3.88. The number of hydrogen-bond donors (Lipinski definition) is 2. The van der Waals surface area contributed by atoms with E-state index in [1.54, 1.807) is 7.11 Å². The first-order valence-electron chi connectivity index (χ1n) is 10.7. The molecule has 0 unspecified atom stereocenters. The third-order valence-electron chi connectivity index (χ3n) is 5.08. The van der Waals surface area contributed by atoms with Crippen molar-refractivity contribution in [1.29, 1.82) is 0 Å². The first-order chi connectivity index (χ1) is 13.7. The Labute approximate surface area is 171 Å². The van der Waals surface area contributed by atoms with Crippen molar-refractivity contribution < 1.29 is 4.74 Å². The lowest BCUT2D eigenvalue weighted by atomic mass is 10.1. The second kappa shape index (κ2) is 13.5. The molecule has 1 aromatic rings. The van der Waals surface area contributed by atoms with E-state index in [-0.39, 0.29) is 0 Å². The molecular weight excluding hydrogens is 350 g/mol. The maximum absolute atomic E-state index is 5.11. The van der Waals surface area contributed by atoms with Crippen molar-refractivity contribution in [3.05, 3.63) is 35.4 Å². The molecule has 1 aliphatic rings. The average molecular weight is 390 g/mol. The van der Waals surface area contributed by atoms with Gasteiger partial charge < -0.3 is 20.3 Å². The van der Waals surface area contributed by atoms with Crippen LogP contribution < -0.4 is 10.6 Å². The minimum Gasteiger partial charge on any atom is -0.383 e. The molecule has 0 saturated carbocycles. The van der Waals surface area contributed by atoms with E-state index in [1.165, 1.54) is 37.1 Å². The van der Waals surface area contributed by atoms with Crippen LogP contribution in [0.25, 0.3) is 0 Å². The van der Waals surface area contributed by atoms with Gasteiger partial charge in [-0.3, -0.25) is 4.90 Å². The fourth-order valence-corrected chi connectivity index (χ4v) is 3.38. The molecule has 0 aromatic heterocycles. The molecule has 0 radical (unpaired) electrons. The van der Waals surface area contributed by atoms with Crippen molar-refractivity contribution >= 4 is 5.96 Å². The van der Waals surface area contributed by atoms with Crippen LogP contribution in [-0.2, 0) is 17.8 Å². The van der Waals surface area contributed by atoms with Gasteiger partial charge in [0.25, 0.3) is 0 Å². The summed E-state index contributed by atoms with van der Waals surface area (Å²) in [5.74, 6) is 0.892. The Morgan fingerprint density at radius 1 is 1.11 bits per heavy atom. The number of nitrogens with one attached hydrogen (secondary N) is 2. The van der Waals surface area contributed by atoms with Crippen molar-refractivity contribution in [2.45, 2.75) is 39.3 Å². The van der Waals surface area contributed by atoms with Crippen LogP contribution in [0.15, 0.2) is 29.3 Å². The number of likely N-dealkylation sites (N-methyl/N-ethyl adjacent to an activating group) is 1. The smallest absolute Gasteiger partial charge is 0.191 e. The summed E-state index contributed by atoms with van der Waals surface area (Å²) in [5, 5.41) is 6.77. The fourth-order valence-electron chi connectivity index (χ4n) is 3.38. The lowest BCUT2D eigenvalue weighted by Gasteiger charge is -2.17. The molecule has 28 heavy (non-hydrogen) atoms. The Balaban J connectivity index is 1.73. The zero-order valence-corrected chi connectivity index (χ0v) is 18.0. The van der Waals surface area contributed by atoms with E-state index in [1.807, 2.05) is 0 Å². The predicted octanol–water partition coefficient (Wildman–Crippen LogP) is 2.31. The topological polar surface area (TPSA) is 52.1 Å². The van der Waals surface area contributed by atoms with Crippen LogP contribution in [0.3, 0.4) is 0 Å². The lowest BCUT2D eigenvalue weighted by molar-refractivity contribution is 0.161. The molecule has 1 fully saturated rings. The maximum Gasteiger partial charge on any atom is 0.191 e. The standard InChI is InChI=1S/C22H39N5O/c1-4-23-22(24-12-7-13-26(2)16-17-28-3)25-18-20-8-10-21(11-9-20)19-27-14-5-6-15-27/h8-11H,4-7,12-19H2,1-3H3,(H2,23,24,25). The maximum atomic E-state index is 5.11. The molecule has 1 aliphatic heterocycles. The van der Waals surface area contributed by atoms with Crippen molar-refractivity contribution in [3.8, 4) is 0 Å². The minimum atomic E-state index is 0.701. The van der Waals surface area contributed by atoms with Crippen LogP contribution in [-0.4, -0.2) is 75.8 Å². The SMILES string of the molecule is CCNC(=NCc1ccc(CN2CCCC2)cc1)NCCCN(C)CCOC. The lowest BCUT2D eigenvalue weighted by Crippen LogP contribution is -2.38. The van der Waals surface area contributed by atoms with E-state index >= 15 is 0 Å². The highest BCUT2D eigenvalue weighted by Crippen LogP contribution is 2.13. The second-order valence-corrected chi connectivity index (χ2v) is 7.57. The molecule has 0 aliphatic carbocycles. The summed E-state index contributed by atoms with van der Waals surface area (Å²) < 4.78 is 5.11. The Morgan fingerprint density at radius 3 is 2.50 bits per heavy atom. The molecule has 2 rings (SSSR count). The van der Waals surface area contributed by atoms with E-state index in [4.69, 9.17) is 9.73 Å². The molecule has 1 saturated heterocycles. The molecule has 0 atom stereocenters. The summed E-state index contributed by atoms with van der Waals surface area (Å²) in [4.78, 5) is 9.56. The summed E-state index contributed by atoms with van der Waals surface area (Å²) in [6.45, 7) is 10.9. The van der Waals surface area contributed by atoms with Crippen molar-refractivity contribution in [1.82, 2.24) is 20.4 Å². The molecule has 6 nitrogen and oxygen atoms in total. The minimum absolute atomic E-state index is 0.701. The average Bonchev–Trinajstić information content (AvgIpc) is 3.21. The monoisotopic (exact) mass is 389 g/mol. The normalized spacial score (nSPS) is 15.4. The van der Waals surface area contributed by atoms with Gasteiger partial charge in [-0.1, -0.05) is 24.3 Å². The number of aliphatic imine (C=N–C) groups is 1. The van der Waals surface area contributed by atoms with Crippen molar-refractivity contribution in [2.75, 3.05) is 60.0 Å². The number of benzene rings is 1. The molecule has 0 spiro atoms. The molecule has 1 aromatic carbocycles. The van der Waals surface area contributed by atoms with Gasteiger partial charge in [0.1, 0.15) is 0 Å². The number of methoxy groups -OCH3 is 1. The number of rotatable bonds is 12. The number of hydrogen-bond acceptors (Lipinski definition) is 4. The van der Waals surface area contributed by atoms with Crippen LogP contribution >= 0.6 is 0 Å². The molecule has 1 heterocycles. The zero-order valence-electron chi connectivity index (χ0n) is 18.0. The van der Waals surface area contributed by atoms with Gasteiger partial charge in [-0.25, -0.2) is 4.99 Å². The Hall–Kier alpha value is -1.63. The van der Waals surface area contributed by atoms with Gasteiger partial charge in [0, 0.05) is 33.3 Å².